The number of nitrogens with zero attached hydrogens (tertiary/aromatic N) is 1. The first-order valence-corrected chi connectivity index (χ1v) is 8.06. The fraction of sp³-hybridized carbons (Fsp3) is 0.211. The number of ether oxygens (including phenoxy) is 1. The van der Waals surface area contributed by atoms with E-state index >= 15 is 0 Å². The van der Waals surface area contributed by atoms with Gasteiger partial charge in [-0.15, -0.1) is 0 Å². The highest BCUT2D eigenvalue weighted by molar-refractivity contribution is 6.21. The summed E-state index contributed by atoms with van der Waals surface area (Å²) >= 11 is 0. The van der Waals surface area contributed by atoms with E-state index in [2.05, 4.69) is 5.32 Å². The van der Waals surface area contributed by atoms with Crippen LogP contribution in [0.25, 0.3) is 0 Å². The van der Waals surface area contributed by atoms with Crippen molar-refractivity contribution >= 4 is 17.7 Å². The zero-order valence-corrected chi connectivity index (χ0v) is 14.1. The van der Waals surface area contributed by atoms with Crippen molar-refractivity contribution in [3.63, 3.8) is 0 Å². The number of fused-ring (bicyclic) bond motifs is 1. The molecule has 0 saturated heterocycles. The van der Waals surface area contributed by atoms with Crippen LogP contribution in [0, 0.1) is 5.82 Å². The van der Waals surface area contributed by atoms with Crippen LogP contribution in [0.5, 0.6) is 5.75 Å². The molecule has 0 spiro atoms. The fourth-order valence-electron chi connectivity index (χ4n) is 2.84. The molecule has 134 valence electrons. The van der Waals surface area contributed by atoms with Crippen molar-refractivity contribution in [1.82, 2.24) is 10.2 Å². The van der Waals surface area contributed by atoms with Crippen molar-refractivity contribution in [2.75, 3.05) is 13.7 Å². The minimum absolute atomic E-state index is 0.0319. The number of benzene rings is 2. The third kappa shape index (κ3) is 3.28. The number of carbonyl (C=O) groups excluding carboxylic acids is 3. The molecule has 0 fully saturated rings. The van der Waals surface area contributed by atoms with Crippen molar-refractivity contribution in [2.24, 2.45) is 0 Å². The lowest BCUT2D eigenvalue weighted by Crippen LogP contribution is -2.34. The molecule has 2 aromatic rings. The molecule has 2 aromatic carbocycles. The summed E-state index contributed by atoms with van der Waals surface area (Å²) in [5, 5.41) is 2.72. The van der Waals surface area contributed by atoms with Crippen molar-refractivity contribution in [2.45, 2.75) is 13.0 Å². The predicted molar refractivity (Wildman–Crippen MR) is 91.2 cm³/mol. The standard InChI is InChI=1S/C19H17FN2O4/c1-26-15-8-3-2-5-12(15)11-21-16(23)9-10-22-18(24)13-6-4-7-14(20)17(13)19(22)25/h2-8H,9-11H2,1H3,(H,21,23). The average molecular weight is 356 g/mol. The van der Waals surface area contributed by atoms with Gasteiger partial charge in [0.1, 0.15) is 11.6 Å². The van der Waals surface area contributed by atoms with Crippen LogP contribution in [-0.2, 0) is 11.3 Å². The van der Waals surface area contributed by atoms with Crippen LogP contribution >= 0.6 is 0 Å². The van der Waals surface area contributed by atoms with Gasteiger partial charge in [0.25, 0.3) is 11.8 Å². The molecule has 0 unspecified atom stereocenters. The molecular weight excluding hydrogens is 339 g/mol. The SMILES string of the molecule is COc1ccccc1CNC(=O)CCN1C(=O)c2cccc(F)c2C1=O. The second-order valence-electron chi connectivity index (χ2n) is 5.76. The molecule has 1 aliphatic rings. The molecule has 3 amide bonds. The normalized spacial score (nSPS) is 12.9. The molecule has 3 rings (SSSR count). The van der Waals surface area contributed by atoms with Gasteiger partial charge in [-0.3, -0.25) is 19.3 Å². The Balaban J connectivity index is 1.58. The number of para-hydroxylation sites is 1. The summed E-state index contributed by atoms with van der Waals surface area (Å²) in [4.78, 5) is 37.4. The van der Waals surface area contributed by atoms with E-state index in [0.29, 0.717) is 5.75 Å². The largest absolute Gasteiger partial charge is 0.496 e. The quantitative estimate of drug-likeness (QED) is 0.805. The highest BCUT2D eigenvalue weighted by Gasteiger charge is 2.37. The van der Waals surface area contributed by atoms with Crippen molar-refractivity contribution in [3.05, 3.63) is 65.0 Å². The Morgan fingerprint density at radius 3 is 2.62 bits per heavy atom. The minimum Gasteiger partial charge on any atom is -0.496 e. The lowest BCUT2D eigenvalue weighted by atomic mass is 10.1. The number of methoxy groups -OCH3 is 1. The number of amides is 3. The highest BCUT2D eigenvalue weighted by Crippen LogP contribution is 2.25. The highest BCUT2D eigenvalue weighted by atomic mass is 19.1. The van der Waals surface area contributed by atoms with Crippen LogP contribution in [0.1, 0.15) is 32.7 Å². The van der Waals surface area contributed by atoms with E-state index in [0.717, 1.165) is 16.5 Å². The van der Waals surface area contributed by atoms with Gasteiger partial charge in [-0.05, 0) is 18.2 Å². The number of hydrogen-bond donors (Lipinski definition) is 1. The maximum atomic E-state index is 13.8. The van der Waals surface area contributed by atoms with Gasteiger partial charge < -0.3 is 10.1 Å². The number of rotatable bonds is 6. The van der Waals surface area contributed by atoms with Gasteiger partial charge in [-0.2, -0.15) is 0 Å². The summed E-state index contributed by atoms with van der Waals surface area (Å²) < 4.78 is 19.0. The molecule has 7 heteroatoms. The molecule has 0 aliphatic carbocycles. The number of nitrogens with one attached hydrogen (secondary N) is 1. The Labute approximate surface area is 149 Å². The van der Waals surface area contributed by atoms with Crippen LogP contribution < -0.4 is 10.1 Å². The topological polar surface area (TPSA) is 75.7 Å². The van der Waals surface area contributed by atoms with Gasteiger partial charge in [-0.25, -0.2) is 4.39 Å². The van der Waals surface area contributed by atoms with E-state index < -0.39 is 17.6 Å². The molecule has 1 aliphatic heterocycles. The van der Waals surface area contributed by atoms with E-state index in [1.165, 1.54) is 12.1 Å². The van der Waals surface area contributed by atoms with E-state index in [-0.39, 0.29) is 36.5 Å². The Hall–Kier alpha value is -3.22. The molecule has 26 heavy (non-hydrogen) atoms. The van der Waals surface area contributed by atoms with Gasteiger partial charge in [0.05, 0.1) is 18.2 Å². The van der Waals surface area contributed by atoms with Crippen LogP contribution in [0.2, 0.25) is 0 Å². The summed E-state index contributed by atoms with van der Waals surface area (Å²) in [5.41, 5.74) is 0.613. The van der Waals surface area contributed by atoms with Crippen LogP contribution in [0.3, 0.4) is 0 Å². The van der Waals surface area contributed by atoms with E-state index in [1.807, 2.05) is 18.2 Å². The van der Waals surface area contributed by atoms with Crippen LogP contribution in [-0.4, -0.2) is 36.3 Å². The molecule has 6 nitrogen and oxygen atoms in total. The maximum Gasteiger partial charge on any atom is 0.264 e. The lowest BCUT2D eigenvalue weighted by Gasteiger charge is -2.14. The fourth-order valence-corrected chi connectivity index (χ4v) is 2.84. The van der Waals surface area contributed by atoms with Crippen molar-refractivity contribution in [1.29, 1.82) is 0 Å². The molecule has 0 bridgehead atoms. The lowest BCUT2D eigenvalue weighted by molar-refractivity contribution is -0.121. The first-order chi connectivity index (χ1) is 12.5. The molecular formula is C19H17FN2O4. The van der Waals surface area contributed by atoms with Crippen molar-refractivity contribution < 1.29 is 23.5 Å². The second kappa shape index (κ2) is 7.35. The molecule has 0 atom stereocenters. The number of hydrogen-bond acceptors (Lipinski definition) is 4. The van der Waals surface area contributed by atoms with Gasteiger partial charge in [0.2, 0.25) is 5.91 Å². The first-order valence-electron chi connectivity index (χ1n) is 8.06. The number of halogens is 1. The van der Waals surface area contributed by atoms with E-state index in [4.69, 9.17) is 4.74 Å². The average Bonchev–Trinajstić information content (AvgIpc) is 2.90. The monoisotopic (exact) mass is 356 g/mol. The summed E-state index contributed by atoms with van der Waals surface area (Å²) in [6, 6.07) is 11.2. The zero-order chi connectivity index (χ0) is 18.7. The van der Waals surface area contributed by atoms with E-state index in [1.54, 1.807) is 13.2 Å². The van der Waals surface area contributed by atoms with Gasteiger partial charge in [0.15, 0.2) is 0 Å². The van der Waals surface area contributed by atoms with Gasteiger partial charge >= 0.3 is 0 Å². The Morgan fingerprint density at radius 2 is 1.88 bits per heavy atom. The van der Waals surface area contributed by atoms with Gasteiger partial charge in [0, 0.05) is 25.1 Å². The Kier molecular flexibility index (Phi) is 4.97. The zero-order valence-electron chi connectivity index (χ0n) is 14.1. The third-order valence-corrected chi connectivity index (χ3v) is 4.18. The molecule has 1 N–H and O–H groups in total. The molecule has 0 aromatic heterocycles. The third-order valence-electron chi connectivity index (χ3n) is 4.18. The van der Waals surface area contributed by atoms with Gasteiger partial charge in [-0.1, -0.05) is 24.3 Å². The maximum absolute atomic E-state index is 13.8. The number of imide groups is 1. The summed E-state index contributed by atoms with van der Waals surface area (Å²) in [5.74, 6) is -1.69. The summed E-state index contributed by atoms with van der Waals surface area (Å²) in [6.07, 6.45) is -0.0672. The van der Waals surface area contributed by atoms with Crippen LogP contribution in [0.4, 0.5) is 4.39 Å². The molecule has 1 heterocycles. The minimum atomic E-state index is -0.732. The molecule has 0 radical (unpaired) electrons. The van der Waals surface area contributed by atoms with E-state index in [9.17, 15) is 18.8 Å². The smallest absolute Gasteiger partial charge is 0.264 e. The predicted octanol–water partition coefficient (Wildman–Crippen LogP) is 2.14. The molecule has 0 saturated carbocycles. The second-order valence-corrected chi connectivity index (χ2v) is 5.76. The van der Waals surface area contributed by atoms with Crippen LogP contribution in [0.15, 0.2) is 42.5 Å². The Morgan fingerprint density at radius 1 is 1.12 bits per heavy atom. The summed E-state index contributed by atoms with van der Waals surface area (Å²) in [6.45, 7) is 0.156. The Bertz CT molecular complexity index is 882. The summed E-state index contributed by atoms with van der Waals surface area (Å²) in [7, 11) is 1.54. The van der Waals surface area contributed by atoms with Crippen molar-refractivity contribution in [3.8, 4) is 5.75 Å². The number of carbonyl (C=O) groups is 3. The first kappa shape index (κ1) is 17.6.